The third-order valence-corrected chi connectivity index (χ3v) is 5.10. The van der Waals surface area contributed by atoms with Gasteiger partial charge in [0.05, 0.1) is 0 Å². The highest BCUT2D eigenvalue weighted by Crippen LogP contribution is 2.55. The molecule has 1 saturated carbocycles. The zero-order chi connectivity index (χ0) is 14.5. The highest BCUT2D eigenvalue weighted by Gasteiger charge is 2.41. The van der Waals surface area contributed by atoms with E-state index in [2.05, 4.69) is 52.8 Å². The number of aromatic nitrogens is 2. The summed E-state index contributed by atoms with van der Waals surface area (Å²) in [4.78, 5) is 0. The molecule has 1 aromatic carbocycles. The van der Waals surface area contributed by atoms with Crippen LogP contribution < -0.4 is 5.32 Å². The lowest BCUT2D eigenvalue weighted by molar-refractivity contribution is 0.637. The molecule has 21 heavy (non-hydrogen) atoms. The first-order chi connectivity index (χ1) is 10.4. The summed E-state index contributed by atoms with van der Waals surface area (Å²) in [5.41, 5.74) is 1.45. The number of aryl methyl sites for hydroxylation is 1. The molecule has 1 N–H and O–H groups in total. The van der Waals surface area contributed by atoms with E-state index in [0.29, 0.717) is 11.8 Å². The van der Waals surface area contributed by atoms with E-state index >= 15 is 0 Å². The molecular weight excluding hydrogens is 278 g/mol. The summed E-state index contributed by atoms with van der Waals surface area (Å²) in [7, 11) is 0. The van der Waals surface area contributed by atoms with Crippen LogP contribution in [0.4, 0.5) is 0 Å². The summed E-state index contributed by atoms with van der Waals surface area (Å²) in [6.45, 7) is 4.39. The van der Waals surface area contributed by atoms with Crippen molar-refractivity contribution in [2.24, 2.45) is 0 Å². The third-order valence-electron chi connectivity index (χ3n) is 3.99. The van der Waals surface area contributed by atoms with Crippen LogP contribution in [0, 0.1) is 0 Å². The van der Waals surface area contributed by atoms with Crippen LogP contribution in [-0.4, -0.2) is 23.3 Å². The van der Waals surface area contributed by atoms with Crippen molar-refractivity contribution < 1.29 is 0 Å². The Morgan fingerprint density at radius 3 is 2.81 bits per heavy atom. The average molecular weight is 301 g/mol. The van der Waals surface area contributed by atoms with Crippen LogP contribution in [0.25, 0.3) is 0 Å². The van der Waals surface area contributed by atoms with E-state index in [1.807, 2.05) is 11.3 Å². The van der Waals surface area contributed by atoms with E-state index in [1.54, 1.807) is 0 Å². The smallest absolute Gasteiger partial charge is 0.121 e. The molecule has 2 unspecified atom stereocenters. The molecule has 0 saturated heterocycles. The predicted molar refractivity (Wildman–Crippen MR) is 87.9 cm³/mol. The molecule has 1 aliphatic rings. The molecule has 0 spiro atoms. The van der Waals surface area contributed by atoms with E-state index in [9.17, 15) is 0 Å². The highest BCUT2D eigenvalue weighted by atomic mass is 32.1. The van der Waals surface area contributed by atoms with Crippen LogP contribution in [0.15, 0.2) is 30.3 Å². The minimum Gasteiger partial charge on any atom is -0.317 e. The largest absolute Gasteiger partial charge is 0.317 e. The van der Waals surface area contributed by atoms with Gasteiger partial charge in [-0.15, -0.1) is 21.5 Å². The molecule has 3 nitrogen and oxygen atoms in total. The first-order valence-corrected chi connectivity index (χ1v) is 8.78. The molecule has 1 fully saturated rings. The fraction of sp³-hybridized carbons (Fsp3) is 0.529. The lowest BCUT2D eigenvalue weighted by Crippen LogP contribution is -2.16. The molecule has 0 radical (unpaired) electrons. The molecule has 1 aliphatic carbocycles. The Morgan fingerprint density at radius 2 is 2.00 bits per heavy atom. The van der Waals surface area contributed by atoms with Gasteiger partial charge >= 0.3 is 0 Å². The topological polar surface area (TPSA) is 37.8 Å². The van der Waals surface area contributed by atoms with Gasteiger partial charge in [0.15, 0.2) is 0 Å². The number of nitrogens with zero attached hydrogens (tertiary/aromatic N) is 2. The van der Waals surface area contributed by atoms with Gasteiger partial charge < -0.3 is 5.32 Å². The monoisotopic (exact) mass is 301 g/mol. The quantitative estimate of drug-likeness (QED) is 0.755. The fourth-order valence-electron chi connectivity index (χ4n) is 2.72. The van der Waals surface area contributed by atoms with E-state index in [-0.39, 0.29) is 0 Å². The van der Waals surface area contributed by atoms with Gasteiger partial charge in [0, 0.05) is 12.3 Å². The van der Waals surface area contributed by atoms with Gasteiger partial charge in [-0.05, 0) is 43.8 Å². The maximum atomic E-state index is 4.42. The van der Waals surface area contributed by atoms with Crippen molar-refractivity contribution in [3.8, 4) is 0 Å². The number of rotatable bonds is 8. The molecule has 2 aromatic rings. The maximum Gasteiger partial charge on any atom is 0.121 e. The first kappa shape index (κ1) is 14.7. The minimum atomic E-state index is 0.608. The SMILES string of the molecule is CCCNCCCc1nnc(C2CC2c2ccccc2)s1. The van der Waals surface area contributed by atoms with Crippen molar-refractivity contribution in [2.45, 2.75) is 44.4 Å². The summed E-state index contributed by atoms with van der Waals surface area (Å²) < 4.78 is 0. The Labute approximate surface area is 130 Å². The van der Waals surface area contributed by atoms with Crippen molar-refractivity contribution in [3.63, 3.8) is 0 Å². The fourth-order valence-corrected chi connectivity index (χ4v) is 3.78. The van der Waals surface area contributed by atoms with Crippen LogP contribution in [0.2, 0.25) is 0 Å². The van der Waals surface area contributed by atoms with Gasteiger partial charge in [-0.3, -0.25) is 0 Å². The van der Waals surface area contributed by atoms with E-state index < -0.39 is 0 Å². The zero-order valence-electron chi connectivity index (χ0n) is 12.6. The number of hydrogen-bond acceptors (Lipinski definition) is 4. The Morgan fingerprint density at radius 1 is 1.14 bits per heavy atom. The molecule has 4 heteroatoms. The van der Waals surface area contributed by atoms with Gasteiger partial charge in [-0.1, -0.05) is 37.3 Å². The van der Waals surface area contributed by atoms with Crippen molar-refractivity contribution in [1.82, 2.24) is 15.5 Å². The molecule has 112 valence electrons. The van der Waals surface area contributed by atoms with E-state index in [0.717, 1.165) is 25.9 Å². The standard InChI is InChI=1S/C17H23N3S/c1-2-10-18-11-6-9-16-19-20-17(21-16)15-12-14(15)13-7-4-3-5-8-13/h3-5,7-8,14-15,18H,2,6,9-12H2,1H3. The normalized spacial score (nSPS) is 20.6. The van der Waals surface area contributed by atoms with Gasteiger partial charge in [-0.25, -0.2) is 0 Å². The Bertz CT molecular complexity index is 552. The van der Waals surface area contributed by atoms with Gasteiger partial charge in [0.2, 0.25) is 0 Å². The van der Waals surface area contributed by atoms with E-state index in [1.165, 1.54) is 28.4 Å². The molecule has 0 amide bonds. The summed E-state index contributed by atoms with van der Waals surface area (Å²) in [6, 6.07) is 10.8. The maximum absolute atomic E-state index is 4.42. The number of hydrogen-bond donors (Lipinski definition) is 1. The van der Waals surface area contributed by atoms with Crippen LogP contribution in [0.5, 0.6) is 0 Å². The van der Waals surface area contributed by atoms with Crippen LogP contribution in [0.1, 0.15) is 53.6 Å². The van der Waals surface area contributed by atoms with Crippen LogP contribution in [0.3, 0.4) is 0 Å². The van der Waals surface area contributed by atoms with Gasteiger partial charge in [-0.2, -0.15) is 0 Å². The van der Waals surface area contributed by atoms with E-state index in [4.69, 9.17) is 0 Å². The molecular formula is C17H23N3S. The highest BCUT2D eigenvalue weighted by molar-refractivity contribution is 7.11. The zero-order valence-corrected chi connectivity index (χ0v) is 13.4. The number of nitrogens with one attached hydrogen (secondary N) is 1. The van der Waals surface area contributed by atoms with Crippen molar-refractivity contribution in [2.75, 3.05) is 13.1 Å². The molecule has 3 rings (SSSR count). The number of benzene rings is 1. The Hall–Kier alpha value is -1.26. The summed E-state index contributed by atoms with van der Waals surface area (Å²) in [6.07, 6.45) is 4.64. The molecule has 2 atom stereocenters. The lowest BCUT2D eigenvalue weighted by atomic mass is 10.1. The summed E-state index contributed by atoms with van der Waals surface area (Å²) in [5.74, 6) is 1.27. The van der Waals surface area contributed by atoms with Crippen LogP contribution >= 0.6 is 11.3 Å². The predicted octanol–water partition coefficient (Wildman–Crippen LogP) is 3.74. The summed E-state index contributed by atoms with van der Waals surface area (Å²) in [5, 5.41) is 14.6. The Balaban J connectivity index is 1.48. The third kappa shape index (κ3) is 3.89. The average Bonchev–Trinajstić information content (AvgIpc) is 3.19. The van der Waals surface area contributed by atoms with Crippen molar-refractivity contribution in [3.05, 3.63) is 45.9 Å². The molecule has 1 heterocycles. The minimum absolute atomic E-state index is 0.608. The van der Waals surface area contributed by atoms with Gasteiger partial charge in [0.25, 0.3) is 0 Å². The molecule has 0 aliphatic heterocycles. The lowest BCUT2D eigenvalue weighted by Gasteiger charge is -2.00. The van der Waals surface area contributed by atoms with Crippen molar-refractivity contribution >= 4 is 11.3 Å². The summed E-state index contributed by atoms with van der Waals surface area (Å²) >= 11 is 1.82. The second kappa shape index (κ2) is 7.14. The van der Waals surface area contributed by atoms with Gasteiger partial charge in [0.1, 0.15) is 10.0 Å². The second-order valence-corrected chi connectivity index (χ2v) is 6.84. The molecule has 1 aromatic heterocycles. The Kier molecular flexibility index (Phi) is 4.99. The molecule has 0 bridgehead atoms. The first-order valence-electron chi connectivity index (χ1n) is 7.96. The van der Waals surface area contributed by atoms with Crippen molar-refractivity contribution in [1.29, 1.82) is 0 Å². The second-order valence-electron chi connectivity index (χ2n) is 5.75. The van der Waals surface area contributed by atoms with Crippen LogP contribution in [-0.2, 0) is 6.42 Å².